The minimum Gasteiger partial charge on any atom is -0.508 e. The molecule has 0 saturated heterocycles. The summed E-state index contributed by atoms with van der Waals surface area (Å²) in [6.07, 6.45) is 0.439. The molecule has 0 aliphatic carbocycles. The van der Waals surface area contributed by atoms with Crippen LogP contribution in [0.25, 0.3) is 10.9 Å². The van der Waals surface area contributed by atoms with E-state index in [0.717, 1.165) is 10.9 Å². The van der Waals surface area contributed by atoms with Crippen LogP contribution in [0, 0.1) is 0 Å². The van der Waals surface area contributed by atoms with Gasteiger partial charge in [-0.3, -0.25) is 4.79 Å². The van der Waals surface area contributed by atoms with Gasteiger partial charge in [-0.1, -0.05) is 26.8 Å². The molecule has 1 N–H and O–H groups in total. The van der Waals surface area contributed by atoms with Gasteiger partial charge in [0, 0.05) is 17.9 Å². The highest BCUT2D eigenvalue weighted by atomic mass is 16.3. The number of phenolic OH excluding ortho intramolecular Hbond substituents is 1. The van der Waals surface area contributed by atoms with Crippen molar-refractivity contribution in [2.24, 2.45) is 0 Å². The predicted octanol–water partition coefficient (Wildman–Crippen LogP) is 3.66. The SMILES string of the molecule is CCC(=O)c1ccc2cc(C(C)C)c(O)cc2n1. The molecule has 0 saturated carbocycles. The summed E-state index contributed by atoms with van der Waals surface area (Å²) < 4.78 is 0. The summed E-state index contributed by atoms with van der Waals surface area (Å²) in [5, 5.41) is 10.9. The summed E-state index contributed by atoms with van der Waals surface area (Å²) in [6.45, 7) is 5.88. The Bertz CT molecular complexity index is 603. The second-order valence-corrected chi connectivity index (χ2v) is 4.73. The molecule has 0 aliphatic heterocycles. The fourth-order valence-electron chi connectivity index (χ4n) is 1.98. The van der Waals surface area contributed by atoms with Crippen molar-refractivity contribution in [2.45, 2.75) is 33.1 Å². The predicted molar refractivity (Wildman–Crippen MR) is 72.1 cm³/mol. The van der Waals surface area contributed by atoms with Gasteiger partial charge in [0.2, 0.25) is 0 Å². The molecule has 0 amide bonds. The summed E-state index contributed by atoms with van der Waals surface area (Å²) in [4.78, 5) is 15.9. The summed E-state index contributed by atoms with van der Waals surface area (Å²) in [7, 11) is 0. The van der Waals surface area contributed by atoms with E-state index < -0.39 is 0 Å². The highest BCUT2D eigenvalue weighted by Gasteiger charge is 2.10. The van der Waals surface area contributed by atoms with Gasteiger partial charge in [0.15, 0.2) is 5.78 Å². The van der Waals surface area contributed by atoms with Gasteiger partial charge < -0.3 is 5.11 Å². The number of carbonyl (C=O) groups excluding carboxylic acids is 1. The van der Waals surface area contributed by atoms with Gasteiger partial charge in [0.1, 0.15) is 11.4 Å². The van der Waals surface area contributed by atoms with Gasteiger partial charge in [-0.25, -0.2) is 4.98 Å². The van der Waals surface area contributed by atoms with Crippen LogP contribution in [-0.2, 0) is 0 Å². The van der Waals surface area contributed by atoms with E-state index >= 15 is 0 Å². The average molecular weight is 243 g/mol. The molecule has 0 fully saturated rings. The molecule has 18 heavy (non-hydrogen) atoms. The summed E-state index contributed by atoms with van der Waals surface area (Å²) >= 11 is 0. The van der Waals surface area contributed by atoms with Crippen molar-refractivity contribution in [2.75, 3.05) is 0 Å². The lowest BCUT2D eigenvalue weighted by molar-refractivity contribution is 0.0983. The zero-order valence-corrected chi connectivity index (χ0v) is 10.9. The third-order valence-electron chi connectivity index (χ3n) is 3.07. The number of phenols is 1. The Kier molecular flexibility index (Phi) is 3.32. The Hall–Kier alpha value is -1.90. The van der Waals surface area contributed by atoms with E-state index in [0.29, 0.717) is 17.6 Å². The molecule has 1 aromatic heterocycles. The number of pyridine rings is 1. The van der Waals surface area contributed by atoms with Crippen LogP contribution in [0.2, 0.25) is 0 Å². The molecule has 94 valence electrons. The second-order valence-electron chi connectivity index (χ2n) is 4.73. The maximum Gasteiger partial charge on any atom is 0.180 e. The standard InChI is InChI=1S/C15H17NO2/c1-4-14(17)12-6-5-10-7-11(9(2)3)15(18)8-13(10)16-12/h5-9,18H,4H2,1-3H3. The average Bonchev–Trinajstić information content (AvgIpc) is 2.35. The van der Waals surface area contributed by atoms with Crippen molar-refractivity contribution in [3.8, 4) is 5.75 Å². The van der Waals surface area contributed by atoms with Crippen LogP contribution in [0.5, 0.6) is 5.75 Å². The Morgan fingerprint density at radius 2 is 2.06 bits per heavy atom. The monoisotopic (exact) mass is 243 g/mol. The van der Waals surface area contributed by atoms with Gasteiger partial charge in [0.25, 0.3) is 0 Å². The number of carbonyl (C=O) groups is 1. The van der Waals surface area contributed by atoms with Crippen molar-refractivity contribution < 1.29 is 9.90 Å². The molecule has 0 aliphatic rings. The van der Waals surface area contributed by atoms with E-state index in [4.69, 9.17) is 0 Å². The topological polar surface area (TPSA) is 50.2 Å². The highest BCUT2D eigenvalue weighted by molar-refractivity contribution is 5.96. The molecular formula is C15H17NO2. The number of nitrogens with zero attached hydrogens (tertiary/aromatic N) is 1. The Morgan fingerprint density at radius 1 is 1.33 bits per heavy atom. The van der Waals surface area contributed by atoms with Crippen molar-refractivity contribution >= 4 is 16.7 Å². The van der Waals surface area contributed by atoms with Gasteiger partial charge in [0.05, 0.1) is 5.52 Å². The van der Waals surface area contributed by atoms with Crippen LogP contribution in [0.15, 0.2) is 24.3 Å². The van der Waals surface area contributed by atoms with Crippen molar-refractivity contribution in [1.82, 2.24) is 4.98 Å². The molecule has 1 aromatic carbocycles. The molecule has 3 nitrogen and oxygen atoms in total. The molecular weight excluding hydrogens is 226 g/mol. The first-order chi connectivity index (χ1) is 8.52. The largest absolute Gasteiger partial charge is 0.508 e. The molecule has 1 heterocycles. The van der Waals surface area contributed by atoms with E-state index in [9.17, 15) is 9.90 Å². The number of benzene rings is 1. The number of fused-ring (bicyclic) bond motifs is 1. The van der Waals surface area contributed by atoms with Crippen LogP contribution in [0.3, 0.4) is 0 Å². The maximum atomic E-state index is 11.6. The Morgan fingerprint density at radius 3 is 2.67 bits per heavy atom. The van der Waals surface area contributed by atoms with Crippen LogP contribution in [-0.4, -0.2) is 15.9 Å². The van der Waals surface area contributed by atoms with Gasteiger partial charge >= 0.3 is 0 Å². The molecule has 0 radical (unpaired) electrons. The van der Waals surface area contributed by atoms with Crippen molar-refractivity contribution in [3.05, 3.63) is 35.5 Å². The minimum absolute atomic E-state index is 0.0179. The van der Waals surface area contributed by atoms with Crippen molar-refractivity contribution in [1.29, 1.82) is 0 Å². The molecule has 2 rings (SSSR count). The zero-order chi connectivity index (χ0) is 13.3. The first kappa shape index (κ1) is 12.6. The minimum atomic E-state index is 0.0179. The van der Waals surface area contributed by atoms with E-state index in [2.05, 4.69) is 4.98 Å². The van der Waals surface area contributed by atoms with Gasteiger partial charge in [-0.05, 0) is 23.6 Å². The molecule has 0 unspecified atom stereocenters. The van der Waals surface area contributed by atoms with Crippen LogP contribution < -0.4 is 0 Å². The lowest BCUT2D eigenvalue weighted by Gasteiger charge is -2.10. The third kappa shape index (κ3) is 2.21. The van der Waals surface area contributed by atoms with E-state index in [1.165, 1.54) is 0 Å². The summed E-state index contributed by atoms with van der Waals surface area (Å²) in [5.74, 6) is 0.516. The number of aromatic hydroxyl groups is 1. The lowest BCUT2D eigenvalue weighted by atomic mass is 9.99. The van der Waals surface area contributed by atoms with E-state index in [1.54, 1.807) is 12.1 Å². The Balaban J connectivity index is 2.59. The highest BCUT2D eigenvalue weighted by Crippen LogP contribution is 2.29. The lowest BCUT2D eigenvalue weighted by Crippen LogP contribution is -2.00. The first-order valence-electron chi connectivity index (χ1n) is 6.19. The number of rotatable bonds is 3. The zero-order valence-electron chi connectivity index (χ0n) is 10.9. The molecule has 0 spiro atoms. The fraction of sp³-hybridized carbons (Fsp3) is 0.333. The number of Topliss-reactive ketones (excluding diaryl/α,β-unsaturated/α-hetero) is 1. The molecule has 0 atom stereocenters. The third-order valence-corrected chi connectivity index (χ3v) is 3.07. The van der Waals surface area contributed by atoms with Crippen LogP contribution in [0.1, 0.15) is 49.2 Å². The normalized spacial score (nSPS) is 11.1. The smallest absolute Gasteiger partial charge is 0.180 e. The van der Waals surface area contributed by atoms with Gasteiger partial charge in [-0.15, -0.1) is 0 Å². The Labute approximate surface area is 106 Å². The number of hydrogen-bond donors (Lipinski definition) is 1. The van der Waals surface area contributed by atoms with Crippen LogP contribution in [0.4, 0.5) is 0 Å². The number of hydrogen-bond acceptors (Lipinski definition) is 3. The first-order valence-corrected chi connectivity index (χ1v) is 6.19. The number of aromatic nitrogens is 1. The van der Waals surface area contributed by atoms with Gasteiger partial charge in [-0.2, -0.15) is 0 Å². The number of ketones is 1. The van der Waals surface area contributed by atoms with Crippen molar-refractivity contribution in [3.63, 3.8) is 0 Å². The fourth-order valence-corrected chi connectivity index (χ4v) is 1.98. The second kappa shape index (κ2) is 4.77. The molecule has 3 heteroatoms. The maximum absolute atomic E-state index is 11.6. The molecule has 0 bridgehead atoms. The summed E-state index contributed by atoms with van der Waals surface area (Å²) in [5.41, 5.74) is 2.02. The van der Waals surface area contributed by atoms with E-state index in [-0.39, 0.29) is 17.5 Å². The van der Waals surface area contributed by atoms with E-state index in [1.807, 2.05) is 32.9 Å². The molecule has 2 aromatic rings. The quantitative estimate of drug-likeness (QED) is 0.837. The summed E-state index contributed by atoms with van der Waals surface area (Å²) in [6, 6.07) is 7.20. The van der Waals surface area contributed by atoms with Crippen LogP contribution >= 0.6 is 0 Å².